The fourth-order valence-electron chi connectivity index (χ4n) is 2.87. The van der Waals surface area contributed by atoms with Crippen LogP contribution in [-0.2, 0) is 17.6 Å². The lowest BCUT2D eigenvalue weighted by atomic mass is 9.88. The molecule has 1 aliphatic carbocycles. The van der Waals surface area contributed by atoms with Crippen molar-refractivity contribution in [3.63, 3.8) is 0 Å². The SMILES string of the molecule is COC(=O)c1c(/N=C/c2c(O)[nH]c(=S)[nH]c2=O)sc2c1CCC(C)C2. The van der Waals surface area contributed by atoms with Gasteiger partial charge in [-0.05, 0) is 43.0 Å². The second-order valence-corrected chi connectivity index (χ2v) is 7.44. The summed E-state index contributed by atoms with van der Waals surface area (Å²) in [7, 11) is 1.33. The van der Waals surface area contributed by atoms with Crippen LogP contribution >= 0.6 is 23.6 Å². The highest BCUT2D eigenvalue weighted by molar-refractivity contribution is 7.71. The molecule has 0 spiro atoms. The summed E-state index contributed by atoms with van der Waals surface area (Å²) >= 11 is 6.21. The Bertz CT molecular complexity index is 971. The first-order valence-corrected chi connectivity index (χ1v) is 8.95. The van der Waals surface area contributed by atoms with Crippen molar-refractivity contribution in [1.82, 2.24) is 9.97 Å². The van der Waals surface area contributed by atoms with E-state index in [-0.39, 0.29) is 16.2 Å². The molecule has 0 bridgehead atoms. The minimum atomic E-state index is -0.556. The van der Waals surface area contributed by atoms with Crippen LogP contribution in [0.5, 0.6) is 5.88 Å². The number of rotatable bonds is 3. The fraction of sp³-hybridized carbons (Fsp3) is 0.375. The summed E-state index contributed by atoms with van der Waals surface area (Å²) in [6.45, 7) is 2.17. The first-order valence-electron chi connectivity index (χ1n) is 7.73. The van der Waals surface area contributed by atoms with Crippen LogP contribution in [0.25, 0.3) is 0 Å². The van der Waals surface area contributed by atoms with Gasteiger partial charge in [-0.15, -0.1) is 11.3 Å². The number of aliphatic imine (C=N–C) groups is 1. The van der Waals surface area contributed by atoms with Crippen LogP contribution < -0.4 is 5.56 Å². The number of thiophene rings is 1. The number of nitrogens with zero attached hydrogens (tertiary/aromatic N) is 1. The molecule has 0 saturated carbocycles. The van der Waals surface area contributed by atoms with Gasteiger partial charge in [-0.1, -0.05) is 6.92 Å². The Morgan fingerprint density at radius 1 is 1.48 bits per heavy atom. The van der Waals surface area contributed by atoms with E-state index in [1.807, 2.05) is 0 Å². The van der Waals surface area contributed by atoms with Crippen molar-refractivity contribution < 1.29 is 14.6 Å². The summed E-state index contributed by atoms with van der Waals surface area (Å²) in [5, 5.41) is 10.3. The van der Waals surface area contributed by atoms with Gasteiger partial charge in [-0.2, -0.15) is 0 Å². The molecule has 9 heteroatoms. The van der Waals surface area contributed by atoms with Crippen LogP contribution in [0.2, 0.25) is 0 Å². The van der Waals surface area contributed by atoms with Crippen molar-refractivity contribution in [3.8, 4) is 5.88 Å². The van der Waals surface area contributed by atoms with Gasteiger partial charge in [-0.3, -0.25) is 9.78 Å². The molecule has 1 atom stereocenters. The van der Waals surface area contributed by atoms with E-state index in [0.717, 1.165) is 29.7 Å². The van der Waals surface area contributed by atoms with E-state index in [0.29, 0.717) is 16.5 Å². The Morgan fingerprint density at radius 3 is 2.92 bits per heavy atom. The van der Waals surface area contributed by atoms with Gasteiger partial charge in [0.1, 0.15) is 10.6 Å². The number of aromatic nitrogens is 2. The van der Waals surface area contributed by atoms with E-state index in [1.54, 1.807) is 0 Å². The van der Waals surface area contributed by atoms with Crippen molar-refractivity contribution in [3.05, 3.63) is 36.7 Å². The normalized spacial score (nSPS) is 16.8. The lowest BCUT2D eigenvalue weighted by Crippen LogP contribution is -2.13. The van der Waals surface area contributed by atoms with Crippen LogP contribution in [0.15, 0.2) is 9.79 Å². The zero-order valence-corrected chi connectivity index (χ0v) is 15.3. The zero-order chi connectivity index (χ0) is 18.1. The number of fused-ring (bicyclic) bond motifs is 1. The lowest BCUT2D eigenvalue weighted by Gasteiger charge is -2.18. The Kier molecular flexibility index (Phi) is 4.87. The van der Waals surface area contributed by atoms with Crippen molar-refractivity contribution in [2.24, 2.45) is 10.9 Å². The highest BCUT2D eigenvalue weighted by Gasteiger charge is 2.27. The number of H-pyrrole nitrogens is 2. The highest BCUT2D eigenvalue weighted by atomic mass is 32.1. The minimum absolute atomic E-state index is 0.0236. The Morgan fingerprint density at radius 2 is 2.24 bits per heavy atom. The second-order valence-electron chi connectivity index (χ2n) is 5.95. The number of hydrogen-bond donors (Lipinski definition) is 3. The molecule has 0 saturated heterocycles. The monoisotopic (exact) mass is 379 g/mol. The quantitative estimate of drug-likeness (QED) is 0.432. The Balaban J connectivity index is 2.07. The van der Waals surface area contributed by atoms with Crippen LogP contribution in [0.3, 0.4) is 0 Å². The number of nitrogens with one attached hydrogen (secondary N) is 2. The number of hydrogen-bond acceptors (Lipinski definition) is 7. The standard InChI is InChI=1S/C16H17N3O4S2/c1-7-3-4-8-10(5-7)25-14(11(8)15(22)23-2)17-6-9-12(20)18-16(24)19-13(9)21/h6-7H,3-5H2,1-2H3,(H3,18,19,20,21,24)/b17-6+. The molecular weight excluding hydrogens is 362 g/mol. The van der Waals surface area contributed by atoms with E-state index in [2.05, 4.69) is 21.9 Å². The maximum absolute atomic E-state index is 12.2. The smallest absolute Gasteiger partial charge is 0.341 e. The van der Waals surface area contributed by atoms with Gasteiger partial charge in [-0.25, -0.2) is 9.79 Å². The van der Waals surface area contributed by atoms with Crippen molar-refractivity contribution in [2.75, 3.05) is 7.11 Å². The lowest BCUT2D eigenvalue weighted by molar-refractivity contribution is 0.0600. The number of methoxy groups -OCH3 is 1. The second kappa shape index (κ2) is 6.93. The maximum Gasteiger partial charge on any atom is 0.341 e. The molecule has 3 N–H and O–H groups in total. The molecule has 132 valence electrons. The van der Waals surface area contributed by atoms with Gasteiger partial charge in [0.15, 0.2) is 4.77 Å². The number of esters is 1. The predicted molar refractivity (Wildman–Crippen MR) is 98.0 cm³/mol. The molecule has 0 aliphatic heterocycles. The summed E-state index contributed by atoms with van der Waals surface area (Å²) in [5.74, 6) is -0.258. The van der Waals surface area contributed by atoms with Gasteiger partial charge in [0.2, 0.25) is 5.88 Å². The molecule has 1 aliphatic rings. The molecule has 1 unspecified atom stereocenters. The number of aromatic amines is 2. The maximum atomic E-state index is 12.2. The third-order valence-corrected chi connectivity index (χ3v) is 5.52. The number of carbonyl (C=O) groups excluding carboxylic acids is 1. The molecule has 0 radical (unpaired) electrons. The highest BCUT2D eigenvalue weighted by Crippen LogP contribution is 2.41. The average molecular weight is 379 g/mol. The molecule has 2 aromatic rings. The minimum Gasteiger partial charge on any atom is -0.494 e. The predicted octanol–water partition coefficient (Wildman–Crippen LogP) is 2.86. The molecule has 7 nitrogen and oxygen atoms in total. The van der Waals surface area contributed by atoms with Crippen LogP contribution in [0.4, 0.5) is 5.00 Å². The third kappa shape index (κ3) is 3.42. The Labute approximate surface area is 152 Å². The molecule has 2 heterocycles. The number of carbonyl (C=O) groups is 1. The molecule has 3 rings (SSSR count). The number of ether oxygens (including phenoxy) is 1. The van der Waals surface area contributed by atoms with Gasteiger partial charge in [0.25, 0.3) is 5.56 Å². The fourth-order valence-corrected chi connectivity index (χ4v) is 4.40. The van der Waals surface area contributed by atoms with Gasteiger partial charge < -0.3 is 14.8 Å². The van der Waals surface area contributed by atoms with E-state index >= 15 is 0 Å². The van der Waals surface area contributed by atoms with Crippen molar-refractivity contribution in [2.45, 2.75) is 26.2 Å². The molecular formula is C16H17N3O4S2. The largest absolute Gasteiger partial charge is 0.494 e. The third-order valence-electron chi connectivity index (χ3n) is 4.15. The zero-order valence-electron chi connectivity index (χ0n) is 13.7. The molecule has 0 fully saturated rings. The van der Waals surface area contributed by atoms with E-state index in [4.69, 9.17) is 17.0 Å². The molecule has 0 aromatic carbocycles. The van der Waals surface area contributed by atoms with Crippen molar-refractivity contribution >= 4 is 40.7 Å². The van der Waals surface area contributed by atoms with Gasteiger partial charge in [0, 0.05) is 11.1 Å². The van der Waals surface area contributed by atoms with Crippen LogP contribution in [0, 0.1) is 10.7 Å². The van der Waals surface area contributed by atoms with Crippen molar-refractivity contribution in [1.29, 1.82) is 0 Å². The van der Waals surface area contributed by atoms with Crippen LogP contribution in [0.1, 0.15) is 39.7 Å². The molecule has 25 heavy (non-hydrogen) atoms. The Hall–Kier alpha value is -2.26. The topological polar surface area (TPSA) is 108 Å². The number of aromatic hydroxyl groups is 1. The summed E-state index contributed by atoms with van der Waals surface area (Å²) < 4.78 is 4.92. The van der Waals surface area contributed by atoms with Gasteiger partial charge >= 0.3 is 5.97 Å². The summed E-state index contributed by atoms with van der Waals surface area (Å²) in [6.07, 6.45) is 3.93. The van der Waals surface area contributed by atoms with E-state index < -0.39 is 11.5 Å². The van der Waals surface area contributed by atoms with E-state index in [9.17, 15) is 14.7 Å². The summed E-state index contributed by atoms with van der Waals surface area (Å²) in [6, 6.07) is 0. The first-order chi connectivity index (χ1) is 11.9. The molecule has 0 amide bonds. The van der Waals surface area contributed by atoms with Crippen LogP contribution in [-0.4, -0.2) is 34.4 Å². The molecule has 2 aromatic heterocycles. The summed E-state index contributed by atoms with van der Waals surface area (Å²) in [4.78, 5) is 34.4. The average Bonchev–Trinajstić information content (AvgIpc) is 2.90. The van der Waals surface area contributed by atoms with Gasteiger partial charge in [0.05, 0.1) is 12.7 Å². The van der Waals surface area contributed by atoms with E-state index in [1.165, 1.54) is 24.7 Å². The summed E-state index contributed by atoms with van der Waals surface area (Å²) in [5.41, 5.74) is 0.821. The first kappa shape index (κ1) is 17.6.